The Morgan fingerprint density at radius 2 is 1.96 bits per heavy atom. The van der Waals surface area contributed by atoms with Crippen molar-refractivity contribution in [1.29, 1.82) is 0 Å². The molecule has 2 aromatic heterocycles. The Labute approximate surface area is 156 Å². The first-order valence-electron chi connectivity index (χ1n) is 8.24. The maximum absolute atomic E-state index is 12.7. The monoisotopic (exact) mass is 370 g/mol. The second kappa shape index (κ2) is 7.58. The van der Waals surface area contributed by atoms with Gasteiger partial charge in [0.2, 0.25) is 0 Å². The summed E-state index contributed by atoms with van der Waals surface area (Å²) in [6.07, 6.45) is 2.84. The van der Waals surface area contributed by atoms with Crippen molar-refractivity contribution < 1.29 is 4.79 Å². The molecule has 0 unspecified atom stereocenters. The molecule has 0 saturated heterocycles. The average molecular weight is 371 g/mol. The summed E-state index contributed by atoms with van der Waals surface area (Å²) in [6, 6.07) is 12.6. The number of hydrogen-bond acceptors (Lipinski definition) is 3. The molecule has 1 N–H and O–H groups in total. The van der Waals surface area contributed by atoms with Gasteiger partial charge in [-0.1, -0.05) is 41.9 Å². The van der Waals surface area contributed by atoms with Gasteiger partial charge in [-0.2, -0.15) is 0 Å². The average Bonchev–Trinajstić information content (AvgIpc) is 2.63. The van der Waals surface area contributed by atoms with Crippen LogP contribution in [0.3, 0.4) is 0 Å². The van der Waals surface area contributed by atoms with Gasteiger partial charge in [0.25, 0.3) is 5.56 Å². The van der Waals surface area contributed by atoms with Crippen molar-refractivity contribution in [2.24, 2.45) is 0 Å². The summed E-state index contributed by atoms with van der Waals surface area (Å²) in [4.78, 5) is 31.2. The summed E-state index contributed by atoms with van der Waals surface area (Å²) < 4.78 is 1.31. The van der Waals surface area contributed by atoms with E-state index in [0.717, 1.165) is 5.56 Å². The maximum atomic E-state index is 12.7. The highest BCUT2D eigenvalue weighted by molar-refractivity contribution is 6.30. The lowest BCUT2D eigenvalue weighted by atomic mass is 10.2. The van der Waals surface area contributed by atoms with Gasteiger partial charge in [-0.05, 0) is 31.5 Å². The summed E-state index contributed by atoms with van der Waals surface area (Å²) in [5.74, 6) is 0. The molecule has 1 aromatic carbocycles. The number of nitrogens with one attached hydrogen (secondary N) is 1. The molecule has 7 heteroatoms. The number of carbonyl (C=O) groups is 1. The van der Waals surface area contributed by atoms with Crippen molar-refractivity contribution in [3.8, 4) is 0 Å². The zero-order chi connectivity index (χ0) is 18.7. The van der Waals surface area contributed by atoms with Crippen molar-refractivity contribution in [2.45, 2.75) is 26.4 Å². The number of carbonyl (C=O) groups excluding carboxylic acids is 1. The normalized spacial score (nSPS) is 10.9. The predicted octanol–water partition coefficient (Wildman–Crippen LogP) is 3.79. The van der Waals surface area contributed by atoms with Crippen molar-refractivity contribution in [3.63, 3.8) is 0 Å². The molecule has 134 valence electrons. The summed E-state index contributed by atoms with van der Waals surface area (Å²) in [5.41, 5.74) is 1.20. The number of nitrogens with zero attached hydrogens (tertiary/aromatic N) is 3. The fourth-order valence-corrected chi connectivity index (χ4v) is 2.75. The van der Waals surface area contributed by atoms with Gasteiger partial charge in [-0.15, -0.1) is 0 Å². The number of amides is 2. The first-order chi connectivity index (χ1) is 12.5. The van der Waals surface area contributed by atoms with Crippen LogP contribution in [0.25, 0.3) is 5.65 Å². The molecule has 0 bridgehead atoms. The third-order valence-electron chi connectivity index (χ3n) is 3.99. The van der Waals surface area contributed by atoms with Crippen LogP contribution in [0.5, 0.6) is 0 Å². The minimum Gasteiger partial charge on any atom is -0.318 e. The molecule has 3 rings (SSSR count). The largest absolute Gasteiger partial charge is 0.322 e. The molecule has 6 nitrogen and oxygen atoms in total. The van der Waals surface area contributed by atoms with Crippen molar-refractivity contribution in [3.05, 3.63) is 75.8 Å². The van der Waals surface area contributed by atoms with Crippen LogP contribution in [-0.4, -0.2) is 26.4 Å². The van der Waals surface area contributed by atoms with Crippen LogP contribution in [-0.2, 0) is 6.54 Å². The van der Waals surface area contributed by atoms with E-state index in [4.69, 9.17) is 11.6 Å². The van der Waals surface area contributed by atoms with Gasteiger partial charge >= 0.3 is 6.03 Å². The van der Waals surface area contributed by atoms with Gasteiger partial charge in [0.15, 0.2) is 0 Å². The zero-order valence-electron chi connectivity index (χ0n) is 14.5. The second-order valence-electron chi connectivity index (χ2n) is 6.19. The molecule has 0 aliphatic heterocycles. The number of anilines is 1. The molecule has 0 radical (unpaired) electrons. The van der Waals surface area contributed by atoms with E-state index >= 15 is 0 Å². The minimum absolute atomic E-state index is 0.0409. The fourth-order valence-electron chi connectivity index (χ4n) is 2.59. The van der Waals surface area contributed by atoms with E-state index in [-0.39, 0.29) is 23.3 Å². The van der Waals surface area contributed by atoms with Gasteiger partial charge in [0, 0.05) is 18.8 Å². The highest BCUT2D eigenvalue weighted by Crippen LogP contribution is 2.12. The zero-order valence-corrected chi connectivity index (χ0v) is 15.3. The molecule has 2 heterocycles. The first kappa shape index (κ1) is 17.9. The van der Waals surface area contributed by atoms with Crippen LogP contribution >= 0.6 is 11.6 Å². The molecule has 26 heavy (non-hydrogen) atoms. The Kier molecular flexibility index (Phi) is 5.23. The third kappa shape index (κ3) is 3.86. The number of urea groups is 1. The topological polar surface area (TPSA) is 66.7 Å². The molecule has 2 amide bonds. The number of rotatable bonds is 4. The Bertz CT molecular complexity index is 986. The number of fused-ring (bicyclic) bond motifs is 1. The van der Waals surface area contributed by atoms with Crippen molar-refractivity contribution in [1.82, 2.24) is 14.3 Å². The summed E-state index contributed by atoms with van der Waals surface area (Å²) in [5, 5.41) is 3.09. The molecule has 0 aliphatic carbocycles. The first-order valence-corrected chi connectivity index (χ1v) is 8.62. The lowest BCUT2D eigenvalue weighted by Gasteiger charge is -2.27. The summed E-state index contributed by atoms with van der Waals surface area (Å²) in [6.45, 7) is 4.29. The van der Waals surface area contributed by atoms with Crippen molar-refractivity contribution in [2.75, 3.05) is 5.32 Å². The van der Waals surface area contributed by atoms with Gasteiger partial charge < -0.3 is 10.2 Å². The Hall–Kier alpha value is -2.86. The SMILES string of the molecule is CC(C)N(Cc1ccccc1)C(=O)Nc1cnc2ccc(Cl)cn2c1=O. The fraction of sp³-hybridized carbons (Fsp3) is 0.211. The smallest absolute Gasteiger partial charge is 0.318 e. The molecular formula is C19H19ClN4O2. The molecule has 0 aliphatic rings. The van der Waals surface area contributed by atoms with Gasteiger partial charge in [-0.3, -0.25) is 9.20 Å². The molecule has 0 atom stereocenters. The van der Waals surface area contributed by atoms with Crippen LogP contribution in [0.1, 0.15) is 19.4 Å². The number of aromatic nitrogens is 2. The maximum Gasteiger partial charge on any atom is 0.322 e. The van der Waals surface area contributed by atoms with Crippen LogP contribution < -0.4 is 10.9 Å². The van der Waals surface area contributed by atoms with Gasteiger partial charge in [-0.25, -0.2) is 9.78 Å². The van der Waals surface area contributed by atoms with E-state index in [9.17, 15) is 9.59 Å². The van der Waals surface area contributed by atoms with Gasteiger partial charge in [0.1, 0.15) is 11.3 Å². The number of hydrogen-bond donors (Lipinski definition) is 1. The lowest BCUT2D eigenvalue weighted by Crippen LogP contribution is -2.40. The number of halogens is 1. The Balaban J connectivity index is 1.86. The van der Waals surface area contributed by atoms with Crippen LogP contribution in [0.2, 0.25) is 5.02 Å². The standard InChI is InChI=1S/C19H19ClN4O2/c1-13(2)23(11-14-6-4-3-5-7-14)19(26)22-16-10-21-17-9-8-15(20)12-24(17)18(16)25/h3-10,12-13H,11H2,1-2H3,(H,22,26). The second-order valence-corrected chi connectivity index (χ2v) is 6.63. The highest BCUT2D eigenvalue weighted by Gasteiger charge is 2.19. The minimum atomic E-state index is -0.380. The third-order valence-corrected chi connectivity index (χ3v) is 4.21. The van der Waals surface area contributed by atoms with E-state index in [1.54, 1.807) is 17.0 Å². The van der Waals surface area contributed by atoms with Crippen LogP contribution in [0.4, 0.5) is 10.5 Å². The molecular weight excluding hydrogens is 352 g/mol. The quantitative estimate of drug-likeness (QED) is 0.759. The molecule has 0 spiro atoms. The van der Waals surface area contributed by atoms with Gasteiger partial charge in [0.05, 0.1) is 11.2 Å². The summed E-state index contributed by atoms with van der Waals surface area (Å²) in [7, 11) is 0. The van der Waals surface area contributed by atoms with E-state index in [1.807, 2.05) is 44.2 Å². The van der Waals surface area contributed by atoms with E-state index in [0.29, 0.717) is 17.2 Å². The molecule has 0 fully saturated rings. The lowest BCUT2D eigenvalue weighted by molar-refractivity contribution is 0.193. The van der Waals surface area contributed by atoms with E-state index < -0.39 is 0 Å². The molecule has 0 saturated carbocycles. The number of pyridine rings is 1. The molecule has 3 aromatic rings. The number of benzene rings is 1. The summed E-state index contributed by atoms with van der Waals surface area (Å²) >= 11 is 5.95. The predicted molar refractivity (Wildman–Crippen MR) is 103 cm³/mol. The van der Waals surface area contributed by atoms with E-state index in [1.165, 1.54) is 16.8 Å². The Morgan fingerprint density at radius 3 is 2.65 bits per heavy atom. The Morgan fingerprint density at radius 1 is 1.23 bits per heavy atom. The van der Waals surface area contributed by atoms with Crippen LogP contribution in [0, 0.1) is 0 Å². The highest BCUT2D eigenvalue weighted by atomic mass is 35.5. The van der Waals surface area contributed by atoms with E-state index in [2.05, 4.69) is 10.3 Å². The van der Waals surface area contributed by atoms with Crippen molar-refractivity contribution >= 4 is 29.0 Å². The van der Waals surface area contributed by atoms with Crippen LogP contribution in [0.15, 0.2) is 59.7 Å².